The van der Waals surface area contributed by atoms with Gasteiger partial charge in [-0.1, -0.05) is 32.0 Å². The van der Waals surface area contributed by atoms with Crippen LogP contribution < -0.4 is 5.32 Å². The van der Waals surface area contributed by atoms with E-state index in [0.717, 1.165) is 0 Å². The van der Waals surface area contributed by atoms with Crippen molar-refractivity contribution in [2.45, 2.75) is 27.2 Å². The van der Waals surface area contributed by atoms with Gasteiger partial charge in [0.15, 0.2) is 18.1 Å². The number of aromatic nitrogens is 3. The van der Waals surface area contributed by atoms with Gasteiger partial charge in [-0.3, -0.25) is 9.59 Å². The molecule has 0 aliphatic heterocycles. The molecule has 1 heterocycles. The number of carbonyl (C=O) groups excluding carboxylic acids is 3. The maximum absolute atomic E-state index is 12.4. The molecule has 8 heteroatoms. The third kappa shape index (κ3) is 5.85. The van der Waals surface area contributed by atoms with E-state index < -0.39 is 12.6 Å². The fraction of sp³-hybridized carbons (Fsp3) is 0.261. The molecule has 2 aromatic carbocycles. The first-order valence-electron chi connectivity index (χ1n) is 9.93. The van der Waals surface area contributed by atoms with Crippen LogP contribution >= 0.6 is 0 Å². The summed E-state index contributed by atoms with van der Waals surface area (Å²) in [4.78, 5) is 37.9. The maximum atomic E-state index is 12.4. The second-order valence-corrected chi connectivity index (χ2v) is 7.48. The number of carbonyl (C=O) groups is 3. The SMILES string of the molecule is Cc1nn(-c2ccccc2)nc1C(=O)OCC(=O)c1ccc(NC(=O)CC(C)C)cc1. The van der Waals surface area contributed by atoms with Gasteiger partial charge >= 0.3 is 5.97 Å². The molecule has 0 spiro atoms. The molecule has 1 amide bonds. The lowest BCUT2D eigenvalue weighted by atomic mass is 10.1. The first-order chi connectivity index (χ1) is 14.8. The number of benzene rings is 2. The summed E-state index contributed by atoms with van der Waals surface area (Å²) in [5.74, 6) is -0.900. The summed E-state index contributed by atoms with van der Waals surface area (Å²) in [6.07, 6.45) is 0.422. The lowest BCUT2D eigenvalue weighted by Crippen LogP contribution is -2.16. The predicted molar refractivity (Wildman–Crippen MR) is 115 cm³/mol. The lowest BCUT2D eigenvalue weighted by molar-refractivity contribution is -0.116. The number of aryl methyl sites for hydroxylation is 1. The monoisotopic (exact) mass is 420 g/mol. The molecule has 0 unspecified atom stereocenters. The van der Waals surface area contributed by atoms with Crippen LogP contribution in [0.4, 0.5) is 5.69 Å². The molecular weight excluding hydrogens is 396 g/mol. The third-order valence-corrected chi connectivity index (χ3v) is 4.38. The Morgan fingerprint density at radius 3 is 2.32 bits per heavy atom. The van der Waals surface area contributed by atoms with Crippen molar-refractivity contribution >= 4 is 23.3 Å². The Morgan fingerprint density at radius 2 is 1.68 bits per heavy atom. The van der Waals surface area contributed by atoms with Crippen LogP contribution in [-0.2, 0) is 9.53 Å². The van der Waals surface area contributed by atoms with Gasteiger partial charge in [-0.15, -0.1) is 5.10 Å². The van der Waals surface area contributed by atoms with Crippen LogP contribution in [0.3, 0.4) is 0 Å². The van der Waals surface area contributed by atoms with Crippen molar-refractivity contribution in [2.24, 2.45) is 5.92 Å². The molecule has 0 bridgehead atoms. The molecule has 0 aliphatic carbocycles. The van der Waals surface area contributed by atoms with Crippen molar-refractivity contribution in [3.05, 3.63) is 71.5 Å². The number of amides is 1. The zero-order chi connectivity index (χ0) is 22.4. The quantitative estimate of drug-likeness (QED) is 0.441. The van der Waals surface area contributed by atoms with Crippen molar-refractivity contribution in [1.82, 2.24) is 15.0 Å². The van der Waals surface area contributed by atoms with Gasteiger partial charge in [0.05, 0.1) is 11.4 Å². The number of esters is 1. The topological polar surface area (TPSA) is 103 Å². The van der Waals surface area contributed by atoms with Crippen molar-refractivity contribution in [1.29, 1.82) is 0 Å². The number of para-hydroxylation sites is 1. The Morgan fingerprint density at radius 1 is 1.00 bits per heavy atom. The molecule has 3 rings (SSSR count). The Hall–Kier alpha value is -3.81. The van der Waals surface area contributed by atoms with Crippen LogP contribution in [0, 0.1) is 12.8 Å². The van der Waals surface area contributed by atoms with Gasteiger partial charge in [-0.05, 0) is 49.2 Å². The van der Waals surface area contributed by atoms with E-state index in [9.17, 15) is 14.4 Å². The average molecular weight is 420 g/mol. The van der Waals surface area contributed by atoms with Crippen LogP contribution in [0.5, 0.6) is 0 Å². The number of hydrogen-bond donors (Lipinski definition) is 1. The predicted octanol–water partition coefficient (Wildman–Crippen LogP) is 3.60. The maximum Gasteiger partial charge on any atom is 0.361 e. The molecule has 3 aromatic rings. The number of ketones is 1. The normalized spacial score (nSPS) is 10.7. The summed E-state index contributed by atoms with van der Waals surface area (Å²) in [6, 6.07) is 15.6. The van der Waals surface area contributed by atoms with Crippen LogP contribution in [0.2, 0.25) is 0 Å². The summed E-state index contributed by atoms with van der Waals surface area (Å²) >= 11 is 0. The van der Waals surface area contributed by atoms with E-state index in [1.54, 1.807) is 31.2 Å². The Balaban J connectivity index is 1.57. The highest BCUT2D eigenvalue weighted by Crippen LogP contribution is 2.13. The lowest BCUT2D eigenvalue weighted by Gasteiger charge is -2.08. The second-order valence-electron chi connectivity index (χ2n) is 7.48. The molecule has 1 aromatic heterocycles. The highest BCUT2D eigenvalue weighted by molar-refractivity contribution is 6.00. The molecule has 8 nitrogen and oxygen atoms in total. The summed E-state index contributed by atoms with van der Waals surface area (Å²) in [5.41, 5.74) is 2.15. The van der Waals surface area contributed by atoms with E-state index in [1.807, 2.05) is 44.2 Å². The smallest absolute Gasteiger partial charge is 0.361 e. The van der Waals surface area contributed by atoms with Crippen molar-refractivity contribution in [3.63, 3.8) is 0 Å². The minimum atomic E-state index is -0.717. The largest absolute Gasteiger partial charge is 0.452 e. The van der Waals surface area contributed by atoms with Crippen molar-refractivity contribution in [3.8, 4) is 5.69 Å². The van der Waals surface area contributed by atoms with Crippen LogP contribution in [0.15, 0.2) is 54.6 Å². The van der Waals surface area contributed by atoms with Crippen LogP contribution in [0.25, 0.3) is 5.69 Å². The molecule has 0 fully saturated rings. The van der Waals surface area contributed by atoms with Crippen LogP contribution in [-0.4, -0.2) is 39.3 Å². The van der Waals surface area contributed by atoms with Gasteiger partial charge in [-0.25, -0.2) is 4.79 Å². The van der Waals surface area contributed by atoms with Crippen molar-refractivity contribution < 1.29 is 19.1 Å². The fourth-order valence-corrected chi connectivity index (χ4v) is 2.85. The number of nitrogens with zero attached hydrogens (tertiary/aromatic N) is 3. The summed E-state index contributed by atoms with van der Waals surface area (Å²) in [5, 5.41) is 11.2. The molecule has 0 radical (unpaired) electrons. The van der Waals surface area contributed by atoms with E-state index in [0.29, 0.717) is 29.1 Å². The van der Waals surface area contributed by atoms with Gasteiger partial charge in [0.2, 0.25) is 5.91 Å². The molecular formula is C23H24N4O4. The number of hydrogen-bond acceptors (Lipinski definition) is 6. The molecule has 0 atom stereocenters. The summed E-state index contributed by atoms with van der Waals surface area (Å²) in [6.45, 7) is 5.16. The van der Waals surface area contributed by atoms with E-state index in [2.05, 4.69) is 15.5 Å². The van der Waals surface area contributed by atoms with E-state index in [1.165, 1.54) is 4.80 Å². The Labute approximate surface area is 180 Å². The number of nitrogens with one attached hydrogen (secondary N) is 1. The van der Waals surface area contributed by atoms with Crippen LogP contribution in [0.1, 0.15) is 46.8 Å². The van der Waals surface area contributed by atoms with E-state index in [4.69, 9.17) is 4.74 Å². The Bertz CT molecular complexity index is 1070. The highest BCUT2D eigenvalue weighted by Gasteiger charge is 2.19. The van der Waals surface area contributed by atoms with Gasteiger partial charge in [0.1, 0.15) is 0 Å². The Kier molecular flexibility index (Phi) is 6.92. The van der Waals surface area contributed by atoms with Gasteiger partial charge < -0.3 is 10.1 Å². The summed E-state index contributed by atoms with van der Waals surface area (Å²) in [7, 11) is 0. The molecule has 0 saturated heterocycles. The average Bonchev–Trinajstić information content (AvgIpc) is 3.14. The van der Waals surface area contributed by atoms with Gasteiger partial charge in [0.25, 0.3) is 0 Å². The number of ether oxygens (including phenoxy) is 1. The van der Waals surface area contributed by atoms with E-state index in [-0.39, 0.29) is 23.3 Å². The van der Waals surface area contributed by atoms with Crippen molar-refractivity contribution in [2.75, 3.05) is 11.9 Å². The van der Waals surface area contributed by atoms with Gasteiger partial charge in [-0.2, -0.15) is 9.90 Å². The first kappa shape index (κ1) is 21.9. The summed E-state index contributed by atoms with van der Waals surface area (Å²) < 4.78 is 5.14. The zero-order valence-electron chi connectivity index (χ0n) is 17.7. The third-order valence-electron chi connectivity index (χ3n) is 4.38. The first-order valence-corrected chi connectivity index (χ1v) is 9.93. The van der Waals surface area contributed by atoms with Gasteiger partial charge in [0, 0.05) is 17.7 Å². The number of anilines is 1. The standard InChI is InChI=1S/C23H24N4O4/c1-15(2)13-21(29)24-18-11-9-17(10-12-18)20(28)14-31-23(30)22-16(3)25-27(26-22)19-7-5-4-6-8-19/h4-12,15H,13-14H2,1-3H3,(H,24,29). The highest BCUT2D eigenvalue weighted by atomic mass is 16.5. The zero-order valence-corrected chi connectivity index (χ0v) is 17.7. The molecule has 160 valence electrons. The second kappa shape index (κ2) is 9.80. The van der Waals surface area contributed by atoms with E-state index >= 15 is 0 Å². The minimum Gasteiger partial charge on any atom is -0.452 e. The molecule has 1 N–H and O–H groups in total. The molecule has 0 aliphatic rings. The fourth-order valence-electron chi connectivity index (χ4n) is 2.85. The molecule has 0 saturated carbocycles. The number of rotatable bonds is 8. The number of Topliss-reactive ketones (excluding diaryl/α,β-unsaturated/α-hetero) is 1. The minimum absolute atomic E-state index is 0.0554. The molecule has 31 heavy (non-hydrogen) atoms.